The van der Waals surface area contributed by atoms with Crippen molar-refractivity contribution in [1.82, 2.24) is 4.90 Å². The SMILES string of the molecule is COc1cc(Cl)c(CN2C[C@@H](OC)C[C@H]2C(N)=O)cc1Cl. The predicted molar refractivity (Wildman–Crippen MR) is 81.8 cm³/mol. The molecule has 1 aromatic carbocycles. The fourth-order valence-electron chi connectivity index (χ4n) is 2.57. The molecule has 1 saturated heterocycles. The van der Waals surface area contributed by atoms with Gasteiger partial charge in [-0.2, -0.15) is 0 Å². The van der Waals surface area contributed by atoms with Crippen molar-refractivity contribution in [2.24, 2.45) is 5.73 Å². The van der Waals surface area contributed by atoms with Gasteiger partial charge in [0.05, 0.1) is 24.3 Å². The number of ether oxygens (including phenoxy) is 2. The molecule has 0 unspecified atom stereocenters. The molecule has 1 aromatic rings. The molecular formula is C14H18Cl2N2O3. The Bertz CT molecular complexity index is 539. The number of carbonyl (C=O) groups is 1. The van der Waals surface area contributed by atoms with Crippen molar-refractivity contribution in [2.75, 3.05) is 20.8 Å². The number of nitrogens with zero attached hydrogens (tertiary/aromatic N) is 1. The second-order valence-electron chi connectivity index (χ2n) is 5.02. The Kier molecular flexibility index (Phi) is 5.32. The van der Waals surface area contributed by atoms with E-state index in [1.165, 1.54) is 7.11 Å². The first-order valence-electron chi connectivity index (χ1n) is 6.54. The van der Waals surface area contributed by atoms with Gasteiger partial charge in [-0.3, -0.25) is 9.69 Å². The molecule has 21 heavy (non-hydrogen) atoms. The highest BCUT2D eigenvalue weighted by atomic mass is 35.5. The molecule has 0 aliphatic carbocycles. The van der Waals surface area contributed by atoms with E-state index >= 15 is 0 Å². The molecule has 1 amide bonds. The van der Waals surface area contributed by atoms with Gasteiger partial charge in [-0.15, -0.1) is 0 Å². The first-order valence-corrected chi connectivity index (χ1v) is 7.30. The highest BCUT2D eigenvalue weighted by Crippen LogP contribution is 2.33. The Hall–Kier alpha value is -1.01. The van der Waals surface area contributed by atoms with Crippen LogP contribution in [0.25, 0.3) is 0 Å². The zero-order chi connectivity index (χ0) is 15.6. The van der Waals surface area contributed by atoms with Crippen LogP contribution in [0.5, 0.6) is 5.75 Å². The number of hydrogen-bond acceptors (Lipinski definition) is 4. The molecule has 2 atom stereocenters. The first-order chi connectivity index (χ1) is 9.96. The predicted octanol–water partition coefficient (Wildman–Crippen LogP) is 2.08. The number of hydrogen-bond donors (Lipinski definition) is 1. The lowest BCUT2D eigenvalue weighted by atomic mass is 10.1. The molecule has 0 saturated carbocycles. The third-order valence-electron chi connectivity index (χ3n) is 3.72. The maximum absolute atomic E-state index is 11.6. The number of primary amides is 1. The minimum atomic E-state index is -0.356. The number of amides is 1. The molecule has 0 spiro atoms. The van der Waals surface area contributed by atoms with Crippen molar-refractivity contribution >= 4 is 29.1 Å². The van der Waals surface area contributed by atoms with Gasteiger partial charge in [0.2, 0.25) is 5.91 Å². The lowest BCUT2D eigenvalue weighted by molar-refractivity contribution is -0.122. The Labute approximate surface area is 133 Å². The van der Waals surface area contributed by atoms with E-state index in [-0.39, 0.29) is 18.1 Å². The minimum Gasteiger partial charge on any atom is -0.495 e. The van der Waals surface area contributed by atoms with Crippen molar-refractivity contribution in [2.45, 2.75) is 25.1 Å². The van der Waals surface area contributed by atoms with Crippen LogP contribution in [0.3, 0.4) is 0 Å². The Balaban J connectivity index is 2.20. The molecule has 5 nitrogen and oxygen atoms in total. The van der Waals surface area contributed by atoms with Crippen molar-refractivity contribution in [3.63, 3.8) is 0 Å². The lowest BCUT2D eigenvalue weighted by Crippen LogP contribution is -2.39. The number of benzene rings is 1. The molecule has 7 heteroatoms. The quantitative estimate of drug-likeness (QED) is 0.896. The molecule has 1 fully saturated rings. The summed E-state index contributed by atoms with van der Waals surface area (Å²) >= 11 is 12.4. The topological polar surface area (TPSA) is 64.8 Å². The molecular weight excluding hydrogens is 315 g/mol. The van der Waals surface area contributed by atoms with Crippen molar-refractivity contribution in [3.05, 3.63) is 27.7 Å². The number of halogens is 2. The maximum atomic E-state index is 11.6. The van der Waals surface area contributed by atoms with E-state index in [4.69, 9.17) is 38.4 Å². The number of methoxy groups -OCH3 is 2. The summed E-state index contributed by atoms with van der Waals surface area (Å²) in [6.07, 6.45) is 0.586. The summed E-state index contributed by atoms with van der Waals surface area (Å²) in [4.78, 5) is 13.5. The minimum absolute atomic E-state index is 0.00463. The Morgan fingerprint density at radius 1 is 1.38 bits per heavy atom. The third kappa shape index (κ3) is 3.61. The average molecular weight is 333 g/mol. The smallest absolute Gasteiger partial charge is 0.234 e. The highest BCUT2D eigenvalue weighted by Gasteiger charge is 2.35. The van der Waals surface area contributed by atoms with Crippen molar-refractivity contribution in [3.8, 4) is 5.75 Å². The summed E-state index contributed by atoms with van der Waals surface area (Å²) in [6, 6.07) is 3.07. The van der Waals surface area contributed by atoms with Crippen LogP contribution in [0.4, 0.5) is 0 Å². The molecule has 2 rings (SSSR count). The van der Waals surface area contributed by atoms with Crippen LogP contribution < -0.4 is 10.5 Å². The molecule has 0 radical (unpaired) electrons. The summed E-state index contributed by atoms with van der Waals surface area (Å²) in [7, 11) is 3.16. The molecule has 116 valence electrons. The largest absolute Gasteiger partial charge is 0.495 e. The zero-order valence-corrected chi connectivity index (χ0v) is 13.4. The van der Waals surface area contributed by atoms with E-state index < -0.39 is 0 Å². The van der Waals surface area contributed by atoms with Gasteiger partial charge in [0.1, 0.15) is 5.75 Å². The Morgan fingerprint density at radius 3 is 2.67 bits per heavy atom. The maximum Gasteiger partial charge on any atom is 0.234 e. The Morgan fingerprint density at radius 2 is 2.10 bits per heavy atom. The summed E-state index contributed by atoms with van der Waals surface area (Å²) < 4.78 is 10.4. The fourth-order valence-corrected chi connectivity index (χ4v) is 3.05. The van der Waals surface area contributed by atoms with Crippen LogP contribution in [0.15, 0.2) is 12.1 Å². The van der Waals surface area contributed by atoms with Crippen LogP contribution in [0.1, 0.15) is 12.0 Å². The average Bonchev–Trinajstić information content (AvgIpc) is 2.85. The molecule has 1 aliphatic rings. The van der Waals surface area contributed by atoms with Gasteiger partial charge in [-0.05, 0) is 18.1 Å². The monoisotopic (exact) mass is 332 g/mol. The van der Waals surface area contributed by atoms with Crippen LogP contribution in [-0.2, 0) is 16.1 Å². The van der Waals surface area contributed by atoms with Gasteiger partial charge in [-0.1, -0.05) is 23.2 Å². The van der Waals surface area contributed by atoms with Crippen LogP contribution >= 0.6 is 23.2 Å². The number of carbonyl (C=O) groups excluding carboxylic acids is 1. The highest BCUT2D eigenvalue weighted by molar-refractivity contribution is 6.34. The molecule has 1 heterocycles. The summed E-state index contributed by atoms with van der Waals surface area (Å²) in [5.41, 5.74) is 6.28. The van der Waals surface area contributed by atoms with Crippen LogP contribution in [0, 0.1) is 0 Å². The van der Waals surface area contributed by atoms with Crippen LogP contribution in [-0.4, -0.2) is 43.7 Å². The first kappa shape index (κ1) is 16.4. The van der Waals surface area contributed by atoms with E-state index in [1.807, 2.05) is 4.90 Å². The lowest BCUT2D eigenvalue weighted by Gasteiger charge is -2.22. The zero-order valence-electron chi connectivity index (χ0n) is 11.9. The van der Waals surface area contributed by atoms with E-state index in [0.717, 1.165) is 5.56 Å². The summed E-state index contributed by atoms with van der Waals surface area (Å²) in [5.74, 6) is 0.165. The molecule has 0 aromatic heterocycles. The van der Waals surface area contributed by atoms with Gasteiger partial charge in [0.15, 0.2) is 0 Å². The van der Waals surface area contributed by atoms with Gasteiger partial charge in [0, 0.05) is 31.3 Å². The molecule has 1 aliphatic heterocycles. The van der Waals surface area contributed by atoms with Gasteiger partial charge < -0.3 is 15.2 Å². The second kappa shape index (κ2) is 6.83. The fraction of sp³-hybridized carbons (Fsp3) is 0.500. The van der Waals surface area contributed by atoms with Crippen molar-refractivity contribution in [1.29, 1.82) is 0 Å². The standard InChI is InChI=1S/C14H18Cl2N2O3/c1-20-9-4-12(14(17)19)18(7-9)6-8-3-11(16)13(21-2)5-10(8)15/h3,5,9,12H,4,6-7H2,1-2H3,(H2,17,19)/t9-,12-/m0/s1. The van der Waals surface area contributed by atoms with Gasteiger partial charge >= 0.3 is 0 Å². The summed E-state index contributed by atoms with van der Waals surface area (Å²) in [6.45, 7) is 1.11. The number of nitrogens with two attached hydrogens (primary N) is 1. The van der Waals surface area contributed by atoms with E-state index in [2.05, 4.69) is 0 Å². The molecule has 2 N–H and O–H groups in total. The number of likely N-dealkylation sites (tertiary alicyclic amines) is 1. The van der Waals surface area contributed by atoms with Gasteiger partial charge in [-0.25, -0.2) is 0 Å². The van der Waals surface area contributed by atoms with Crippen molar-refractivity contribution < 1.29 is 14.3 Å². The second-order valence-corrected chi connectivity index (χ2v) is 5.83. The number of rotatable bonds is 5. The van der Waals surface area contributed by atoms with E-state index in [9.17, 15) is 4.79 Å². The van der Waals surface area contributed by atoms with E-state index in [0.29, 0.717) is 35.3 Å². The summed E-state index contributed by atoms with van der Waals surface area (Å²) in [5, 5.41) is 1.02. The van der Waals surface area contributed by atoms with Gasteiger partial charge in [0.25, 0.3) is 0 Å². The van der Waals surface area contributed by atoms with Crippen LogP contribution in [0.2, 0.25) is 10.0 Å². The molecule has 0 bridgehead atoms. The van der Waals surface area contributed by atoms with E-state index in [1.54, 1.807) is 19.2 Å². The third-order valence-corrected chi connectivity index (χ3v) is 4.37. The normalized spacial score (nSPS) is 22.5.